The van der Waals surface area contributed by atoms with E-state index < -0.39 is 12.2 Å². The Morgan fingerprint density at radius 2 is 2.10 bits per heavy atom. The lowest BCUT2D eigenvalue weighted by molar-refractivity contribution is -0.122. The molecular weight excluding hydrogens is 421 g/mol. The van der Waals surface area contributed by atoms with E-state index in [0.717, 1.165) is 31.6 Å². The highest BCUT2D eigenvalue weighted by atomic mass is 32.2. The first-order valence-corrected chi connectivity index (χ1v) is 12.3. The van der Waals surface area contributed by atoms with Gasteiger partial charge in [0.25, 0.3) is 0 Å². The van der Waals surface area contributed by atoms with E-state index in [4.69, 9.17) is 9.47 Å². The van der Waals surface area contributed by atoms with Gasteiger partial charge in [-0.3, -0.25) is 9.69 Å². The minimum Gasteiger partial charge on any atom is -0.489 e. The summed E-state index contributed by atoms with van der Waals surface area (Å²) in [6.07, 6.45) is 4.25. The third kappa shape index (κ3) is 3.41. The van der Waals surface area contributed by atoms with Crippen LogP contribution in [0.4, 0.5) is 20.6 Å². The third-order valence-corrected chi connectivity index (χ3v) is 8.50. The van der Waals surface area contributed by atoms with Gasteiger partial charge in [0.15, 0.2) is 0 Å². The maximum Gasteiger partial charge on any atom is 0.415 e. The van der Waals surface area contributed by atoms with Crippen LogP contribution in [0.2, 0.25) is 0 Å². The molecule has 1 aromatic carbocycles. The fourth-order valence-corrected chi connectivity index (χ4v) is 6.61. The normalized spacial score (nSPS) is 31.5. The summed E-state index contributed by atoms with van der Waals surface area (Å²) in [5, 5.41) is 3.41. The Balaban J connectivity index is 1.24. The summed E-state index contributed by atoms with van der Waals surface area (Å²) in [5.41, 5.74) is 0.975. The zero-order chi connectivity index (χ0) is 21.1. The third-order valence-electron chi connectivity index (χ3n) is 7.07. The van der Waals surface area contributed by atoms with Crippen LogP contribution in [0, 0.1) is 11.7 Å². The Kier molecular flexibility index (Phi) is 4.70. The molecule has 5 aliphatic heterocycles. The van der Waals surface area contributed by atoms with Crippen LogP contribution in [0.3, 0.4) is 0 Å². The number of fused-ring (bicyclic) bond motifs is 7. The zero-order valence-electron chi connectivity index (χ0n) is 17.2. The highest BCUT2D eigenvalue weighted by molar-refractivity contribution is 8.00. The number of hydrogen-bond donors (Lipinski definition) is 1. The smallest absolute Gasteiger partial charge is 0.415 e. The van der Waals surface area contributed by atoms with Crippen molar-refractivity contribution in [2.24, 2.45) is 5.92 Å². The molecule has 1 N–H and O–H groups in total. The Labute approximate surface area is 184 Å². The van der Waals surface area contributed by atoms with E-state index in [1.54, 1.807) is 6.07 Å². The number of carbonyl (C=O) groups is 2. The number of ether oxygens (including phenoxy) is 2. The topological polar surface area (TPSA) is 71.1 Å². The van der Waals surface area contributed by atoms with Crippen molar-refractivity contribution >= 4 is 35.1 Å². The molecule has 5 fully saturated rings. The van der Waals surface area contributed by atoms with Crippen molar-refractivity contribution in [3.8, 4) is 5.75 Å². The summed E-state index contributed by atoms with van der Waals surface area (Å²) in [4.78, 5) is 28.3. The fourth-order valence-electron chi connectivity index (χ4n) is 5.17. The van der Waals surface area contributed by atoms with E-state index in [0.29, 0.717) is 28.4 Å². The molecule has 2 unspecified atom stereocenters. The van der Waals surface area contributed by atoms with Crippen LogP contribution in [0.5, 0.6) is 5.75 Å². The first-order chi connectivity index (χ1) is 15.1. The number of rotatable bonds is 4. The molecule has 0 spiro atoms. The standard InChI is InChI=1S/C22H26FN3O4S/c23-15-6-17-19(7-16(15)25-9-14-3-1-2-13(25)11-31-14)29-10-18-20(30-22(28)26(17)18)8-24-21(27)12-4-5-12/h6-7,12-14,18,20H,1-5,8-11H2,(H,24,27)/t13?,14?,18-,20-/m0/s1. The zero-order valence-corrected chi connectivity index (χ0v) is 18.0. The minimum absolute atomic E-state index is 0.00669. The Morgan fingerprint density at radius 3 is 2.94 bits per heavy atom. The van der Waals surface area contributed by atoms with Gasteiger partial charge >= 0.3 is 6.09 Å². The molecule has 31 heavy (non-hydrogen) atoms. The van der Waals surface area contributed by atoms with Gasteiger partial charge in [-0.1, -0.05) is 6.42 Å². The van der Waals surface area contributed by atoms with E-state index >= 15 is 4.39 Å². The summed E-state index contributed by atoms with van der Waals surface area (Å²) in [6.45, 7) is 1.36. The Bertz CT molecular complexity index is 922. The minimum atomic E-state index is -0.516. The molecule has 1 aliphatic carbocycles. The molecule has 7 nitrogen and oxygen atoms in total. The van der Waals surface area contributed by atoms with Crippen molar-refractivity contribution < 1.29 is 23.5 Å². The van der Waals surface area contributed by atoms with Crippen LogP contribution in [0.25, 0.3) is 0 Å². The summed E-state index contributed by atoms with van der Waals surface area (Å²) < 4.78 is 26.8. The number of halogens is 1. The summed E-state index contributed by atoms with van der Waals surface area (Å²) in [6, 6.07) is 3.12. The first kappa shape index (κ1) is 19.5. The van der Waals surface area contributed by atoms with Gasteiger partial charge in [-0.25, -0.2) is 9.18 Å². The molecular formula is C22H26FN3O4S. The van der Waals surface area contributed by atoms with Crippen molar-refractivity contribution in [3.63, 3.8) is 0 Å². The average molecular weight is 448 g/mol. The molecule has 0 radical (unpaired) electrons. The van der Waals surface area contributed by atoms with Gasteiger partial charge in [0.2, 0.25) is 5.91 Å². The van der Waals surface area contributed by atoms with E-state index in [1.165, 1.54) is 23.8 Å². The number of amides is 2. The second-order valence-electron chi connectivity index (χ2n) is 9.15. The van der Waals surface area contributed by atoms with Crippen LogP contribution < -0.4 is 19.9 Å². The van der Waals surface area contributed by atoms with Gasteiger partial charge in [-0.15, -0.1) is 0 Å². The predicted octanol–water partition coefficient (Wildman–Crippen LogP) is 2.91. The summed E-state index contributed by atoms with van der Waals surface area (Å²) in [5.74, 6) is 1.31. The molecule has 5 heterocycles. The number of nitrogens with one attached hydrogen (secondary N) is 1. The fraction of sp³-hybridized carbons (Fsp3) is 0.636. The number of hydrogen-bond acceptors (Lipinski definition) is 6. The highest BCUT2D eigenvalue weighted by Crippen LogP contribution is 2.44. The second-order valence-corrected chi connectivity index (χ2v) is 10.5. The van der Waals surface area contributed by atoms with E-state index in [-0.39, 0.29) is 36.8 Å². The Hall–Kier alpha value is -2.16. The van der Waals surface area contributed by atoms with E-state index in [2.05, 4.69) is 10.2 Å². The maximum absolute atomic E-state index is 15.3. The molecule has 166 valence electrons. The number of cyclic esters (lactones) is 1. The largest absolute Gasteiger partial charge is 0.489 e. The predicted molar refractivity (Wildman–Crippen MR) is 115 cm³/mol. The van der Waals surface area contributed by atoms with Crippen LogP contribution in [-0.2, 0) is 9.53 Å². The average Bonchev–Trinajstić information content (AvgIpc) is 3.60. The van der Waals surface area contributed by atoms with Gasteiger partial charge in [0.05, 0.1) is 17.9 Å². The first-order valence-electron chi connectivity index (χ1n) is 11.2. The van der Waals surface area contributed by atoms with E-state index in [9.17, 15) is 9.59 Å². The maximum atomic E-state index is 15.3. The van der Waals surface area contributed by atoms with Gasteiger partial charge < -0.3 is 19.7 Å². The molecule has 4 atom stereocenters. The molecule has 2 bridgehead atoms. The number of nitrogens with zero attached hydrogens (tertiary/aromatic N) is 2. The molecule has 1 saturated carbocycles. The van der Waals surface area contributed by atoms with Crippen LogP contribution in [-0.4, -0.2) is 60.9 Å². The van der Waals surface area contributed by atoms with Crippen molar-refractivity contribution in [1.82, 2.24) is 5.32 Å². The second kappa shape index (κ2) is 7.46. The molecule has 9 heteroatoms. The van der Waals surface area contributed by atoms with Crippen molar-refractivity contribution in [2.45, 2.75) is 55.5 Å². The van der Waals surface area contributed by atoms with Crippen LogP contribution >= 0.6 is 11.8 Å². The van der Waals surface area contributed by atoms with Crippen molar-refractivity contribution in [3.05, 3.63) is 17.9 Å². The monoisotopic (exact) mass is 447 g/mol. The van der Waals surface area contributed by atoms with Gasteiger partial charge in [0.1, 0.15) is 30.3 Å². The lowest BCUT2D eigenvalue weighted by atomic mass is 10.1. The molecule has 4 saturated heterocycles. The molecule has 2 amide bonds. The Morgan fingerprint density at radius 1 is 1.23 bits per heavy atom. The van der Waals surface area contributed by atoms with E-state index in [1.807, 2.05) is 11.8 Å². The number of thioether (sulfide) groups is 1. The van der Waals surface area contributed by atoms with Crippen molar-refractivity contribution in [1.29, 1.82) is 0 Å². The molecule has 7 rings (SSSR count). The van der Waals surface area contributed by atoms with Crippen LogP contribution in [0.1, 0.15) is 32.1 Å². The summed E-state index contributed by atoms with van der Waals surface area (Å²) in [7, 11) is 0. The van der Waals surface area contributed by atoms with Gasteiger partial charge in [-0.2, -0.15) is 11.8 Å². The number of anilines is 2. The summed E-state index contributed by atoms with van der Waals surface area (Å²) >= 11 is 2.00. The van der Waals surface area contributed by atoms with Gasteiger partial charge in [-0.05, 0) is 25.7 Å². The highest BCUT2D eigenvalue weighted by Gasteiger charge is 2.47. The van der Waals surface area contributed by atoms with Gasteiger partial charge in [0, 0.05) is 41.6 Å². The SMILES string of the molecule is O=C(NC[C@@H]1OC(=O)N2c3cc(F)c(N4CC5CCCC4CS5)cc3OC[C@@H]12)C1CC1. The number of carbonyl (C=O) groups excluding carboxylic acids is 2. The van der Waals surface area contributed by atoms with Crippen molar-refractivity contribution in [2.75, 3.05) is 35.2 Å². The lowest BCUT2D eigenvalue weighted by Crippen LogP contribution is -2.48. The van der Waals surface area contributed by atoms with Crippen LogP contribution in [0.15, 0.2) is 12.1 Å². The molecule has 0 aromatic heterocycles. The molecule has 6 aliphatic rings. The lowest BCUT2D eigenvalue weighted by Gasteiger charge is -2.39. The molecule has 1 aromatic rings. The number of benzene rings is 1. The quantitative estimate of drug-likeness (QED) is 0.765.